The second-order valence-electron chi connectivity index (χ2n) is 6.83. The molecule has 0 fully saturated rings. The van der Waals surface area contributed by atoms with Gasteiger partial charge in [-0.2, -0.15) is 0 Å². The molecule has 0 aliphatic carbocycles. The van der Waals surface area contributed by atoms with Crippen LogP contribution in [-0.4, -0.2) is 26.1 Å². The van der Waals surface area contributed by atoms with Crippen LogP contribution in [0.5, 0.6) is 5.75 Å². The number of nitrogens with one attached hydrogen (secondary N) is 1. The standard InChI is InChI=1S/C23H27N3O2/c1-3-4-14-28-21-15-20(24)23(19-13-9-8-12-18(19)21)25-22(27)16-26(2)17-10-6-5-7-11-17/h5-13,15H,3-4,14,16,24H2,1-2H3,(H,25,27). The third-order valence-corrected chi connectivity index (χ3v) is 4.63. The van der Waals surface area contributed by atoms with Gasteiger partial charge in [0.05, 0.1) is 24.5 Å². The Morgan fingerprint density at radius 3 is 2.46 bits per heavy atom. The van der Waals surface area contributed by atoms with Gasteiger partial charge in [-0.15, -0.1) is 0 Å². The van der Waals surface area contributed by atoms with Crippen LogP contribution in [-0.2, 0) is 4.79 Å². The second-order valence-corrected chi connectivity index (χ2v) is 6.83. The van der Waals surface area contributed by atoms with Crippen molar-refractivity contribution in [1.82, 2.24) is 0 Å². The molecule has 0 radical (unpaired) electrons. The van der Waals surface area contributed by atoms with Gasteiger partial charge in [0.15, 0.2) is 0 Å². The number of fused-ring (bicyclic) bond motifs is 1. The summed E-state index contributed by atoms with van der Waals surface area (Å²) in [6.45, 7) is 3.00. The molecule has 5 nitrogen and oxygen atoms in total. The van der Waals surface area contributed by atoms with Crippen LogP contribution in [0.25, 0.3) is 10.8 Å². The van der Waals surface area contributed by atoms with Crippen LogP contribution >= 0.6 is 0 Å². The van der Waals surface area contributed by atoms with E-state index in [0.717, 1.165) is 35.1 Å². The summed E-state index contributed by atoms with van der Waals surface area (Å²) in [4.78, 5) is 14.5. The molecule has 0 aromatic heterocycles. The lowest BCUT2D eigenvalue weighted by Crippen LogP contribution is -2.30. The number of hydrogen-bond donors (Lipinski definition) is 2. The van der Waals surface area contributed by atoms with Crippen LogP contribution in [0.3, 0.4) is 0 Å². The summed E-state index contributed by atoms with van der Waals surface area (Å²) < 4.78 is 5.92. The molecule has 146 valence electrons. The number of likely N-dealkylation sites (N-methyl/N-ethyl adjacent to an activating group) is 1. The fourth-order valence-electron chi connectivity index (χ4n) is 3.12. The van der Waals surface area contributed by atoms with E-state index in [-0.39, 0.29) is 12.5 Å². The van der Waals surface area contributed by atoms with E-state index < -0.39 is 0 Å². The number of carbonyl (C=O) groups is 1. The van der Waals surface area contributed by atoms with Gasteiger partial charge in [0.1, 0.15) is 5.75 Å². The van der Waals surface area contributed by atoms with Crippen molar-refractivity contribution in [1.29, 1.82) is 0 Å². The first-order valence-corrected chi connectivity index (χ1v) is 9.60. The molecule has 3 aromatic carbocycles. The molecular weight excluding hydrogens is 350 g/mol. The average Bonchev–Trinajstić information content (AvgIpc) is 2.71. The molecule has 0 saturated heterocycles. The monoisotopic (exact) mass is 377 g/mol. The van der Waals surface area contributed by atoms with Crippen molar-refractivity contribution in [2.45, 2.75) is 19.8 Å². The number of rotatable bonds is 8. The summed E-state index contributed by atoms with van der Waals surface area (Å²) >= 11 is 0. The summed E-state index contributed by atoms with van der Waals surface area (Å²) in [5, 5.41) is 4.81. The number of amides is 1. The zero-order chi connectivity index (χ0) is 19.9. The molecule has 3 N–H and O–H groups in total. The number of hydrogen-bond acceptors (Lipinski definition) is 4. The van der Waals surface area contributed by atoms with Gasteiger partial charge in [0.25, 0.3) is 0 Å². The first-order chi connectivity index (χ1) is 13.6. The molecule has 0 aliphatic heterocycles. The predicted octanol–water partition coefficient (Wildman–Crippen LogP) is 4.68. The highest BCUT2D eigenvalue weighted by atomic mass is 16.5. The Labute approximate surface area is 166 Å². The van der Waals surface area contributed by atoms with E-state index in [1.54, 1.807) is 6.07 Å². The van der Waals surface area contributed by atoms with Crippen LogP contribution in [0.2, 0.25) is 0 Å². The van der Waals surface area contributed by atoms with Crippen LogP contribution in [0.15, 0.2) is 60.7 Å². The van der Waals surface area contributed by atoms with Crippen molar-refractivity contribution in [3.63, 3.8) is 0 Å². The largest absolute Gasteiger partial charge is 0.493 e. The molecule has 0 saturated carbocycles. The lowest BCUT2D eigenvalue weighted by molar-refractivity contribution is -0.114. The first kappa shape index (κ1) is 19.5. The van der Waals surface area contributed by atoms with E-state index in [4.69, 9.17) is 10.5 Å². The Kier molecular flexibility index (Phi) is 6.37. The van der Waals surface area contributed by atoms with E-state index in [2.05, 4.69) is 12.2 Å². The van der Waals surface area contributed by atoms with Gasteiger partial charge in [-0.3, -0.25) is 4.79 Å². The van der Waals surface area contributed by atoms with Crippen molar-refractivity contribution >= 4 is 33.7 Å². The Balaban J connectivity index is 1.82. The quantitative estimate of drug-likeness (QED) is 0.442. The lowest BCUT2D eigenvalue weighted by Gasteiger charge is -2.20. The van der Waals surface area contributed by atoms with Gasteiger partial charge in [-0.1, -0.05) is 55.8 Å². The molecule has 0 bridgehead atoms. The van der Waals surface area contributed by atoms with Crippen LogP contribution in [0, 0.1) is 0 Å². The number of benzene rings is 3. The number of nitrogens with two attached hydrogens (primary N) is 1. The maximum Gasteiger partial charge on any atom is 0.243 e. The number of unbranched alkanes of at least 4 members (excludes halogenated alkanes) is 1. The van der Waals surface area contributed by atoms with Crippen molar-refractivity contribution in [2.75, 3.05) is 36.1 Å². The lowest BCUT2D eigenvalue weighted by atomic mass is 10.1. The maximum atomic E-state index is 12.6. The topological polar surface area (TPSA) is 67.6 Å². The summed E-state index contributed by atoms with van der Waals surface area (Å²) in [6, 6.07) is 19.4. The van der Waals surface area contributed by atoms with Crippen molar-refractivity contribution < 1.29 is 9.53 Å². The molecule has 0 aliphatic rings. The van der Waals surface area contributed by atoms with E-state index in [9.17, 15) is 4.79 Å². The fourth-order valence-corrected chi connectivity index (χ4v) is 3.12. The predicted molar refractivity (Wildman–Crippen MR) is 117 cm³/mol. The van der Waals surface area contributed by atoms with E-state index >= 15 is 0 Å². The van der Waals surface area contributed by atoms with Gasteiger partial charge < -0.3 is 20.7 Å². The number of anilines is 3. The number of nitrogen functional groups attached to an aromatic ring is 1. The van der Waals surface area contributed by atoms with Crippen LogP contribution in [0.4, 0.5) is 17.1 Å². The van der Waals surface area contributed by atoms with Crippen molar-refractivity contribution in [2.24, 2.45) is 0 Å². The highest BCUT2D eigenvalue weighted by molar-refractivity contribution is 6.09. The summed E-state index contributed by atoms with van der Waals surface area (Å²) in [7, 11) is 1.89. The minimum atomic E-state index is -0.122. The Morgan fingerprint density at radius 2 is 1.75 bits per heavy atom. The first-order valence-electron chi connectivity index (χ1n) is 9.60. The third-order valence-electron chi connectivity index (χ3n) is 4.63. The molecule has 5 heteroatoms. The summed E-state index contributed by atoms with van der Waals surface area (Å²) in [5.41, 5.74) is 8.39. The van der Waals surface area contributed by atoms with Gasteiger partial charge >= 0.3 is 0 Å². The van der Waals surface area contributed by atoms with Crippen molar-refractivity contribution in [3.8, 4) is 5.75 Å². The SMILES string of the molecule is CCCCOc1cc(N)c(NC(=O)CN(C)c2ccccc2)c2ccccc12. The Hall–Kier alpha value is -3.21. The molecule has 3 rings (SSSR count). The molecule has 0 atom stereocenters. The van der Waals surface area contributed by atoms with E-state index in [0.29, 0.717) is 18.0 Å². The van der Waals surface area contributed by atoms with Gasteiger partial charge in [-0.05, 0) is 18.6 Å². The number of carbonyl (C=O) groups excluding carboxylic acids is 1. The maximum absolute atomic E-state index is 12.6. The number of ether oxygens (including phenoxy) is 1. The van der Waals surface area contributed by atoms with Crippen molar-refractivity contribution in [3.05, 3.63) is 60.7 Å². The minimum absolute atomic E-state index is 0.122. The number of nitrogens with zero attached hydrogens (tertiary/aromatic N) is 1. The smallest absolute Gasteiger partial charge is 0.243 e. The van der Waals surface area contributed by atoms with Gasteiger partial charge in [0, 0.05) is 29.6 Å². The molecular formula is C23H27N3O2. The normalized spacial score (nSPS) is 10.6. The van der Waals surface area contributed by atoms with Crippen LogP contribution < -0.4 is 20.7 Å². The molecule has 28 heavy (non-hydrogen) atoms. The van der Waals surface area contributed by atoms with Crippen LogP contribution in [0.1, 0.15) is 19.8 Å². The summed E-state index contributed by atoms with van der Waals surface area (Å²) in [6.07, 6.45) is 2.05. The molecule has 0 spiro atoms. The minimum Gasteiger partial charge on any atom is -0.493 e. The van der Waals surface area contributed by atoms with E-state index in [1.807, 2.05) is 66.5 Å². The average molecular weight is 377 g/mol. The fraction of sp³-hybridized carbons (Fsp3) is 0.261. The van der Waals surface area contributed by atoms with E-state index in [1.165, 1.54) is 0 Å². The molecule has 3 aromatic rings. The number of para-hydroxylation sites is 1. The molecule has 0 heterocycles. The van der Waals surface area contributed by atoms with Gasteiger partial charge in [-0.25, -0.2) is 0 Å². The second kappa shape index (κ2) is 9.13. The molecule has 0 unspecified atom stereocenters. The zero-order valence-electron chi connectivity index (χ0n) is 16.4. The van der Waals surface area contributed by atoms with Gasteiger partial charge in [0.2, 0.25) is 5.91 Å². The zero-order valence-corrected chi connectivity index (χ0v) is 16.4. The summed E-state index contributed by atoms with van der Waals surface area (Å²) in [5.74, 6) is 0.629. The highest BCUT2D eigenvalue weighted by Gasteiger charge is 2.15. The highest BCUT2D eigenvalue weighted by Crippen LogP contribution is 2.37. The molecule has 1 amide bonds. The third kappa shape index (κ3) is 4.55. The Morgan fingerprint density at radius 1 is 1.07 bits per heavy atom. The Bertz CT molecular complexity index is 941.